The van der Waals surface area contributed by atoms with E-state index in [4.69, 9.17) is 4.74 Å². The van der Waals surface area contributed by atoms with E-state index in [2.05, 4.69) is 33.0 Å². The molecular formula is C37H44N4O4S. The number of carbonyl (C=O) groups is 1. The maximum absolute atomic E-state index is 12.9. The number of hydrogen-bond acceptors (Lipinski definition) is 8. The van der Waals surface area contributed by atoms with E-state index in [1.54, 1.807) is 12.1 Å². The van der Waals surface area contributed by atoms with E-state index in [1.807, 2.05) is 44.2 Å². The van der Waals surface area contributed by atoms with Crippen LogP contribution in [0, 0.1) is 35.0 Å². The van der Waals surface area contributed by atoms with Crippen LogP contribution < -0.4 is 4.90 Å². The summed E-state index contributed by atoms with van der Waals surface area (Å²) in [4.78, 5) is 21.9. The van der Waals surface area contributed by atoms with Gasteiger partial charge >= 0.3 is 5.97 Å². The van der Waals surface area contributed by atoms with Crippen LogP contribution in [0.2, 0.25) is 0 Å². The summed E-state index contributed by atoms with van der Waals surface area (Å²) >= 11 is 0. The number of piperidine rings is 1. The van der Waals surface area contributed by atoms with Crippen molar-refractivity contribution in [3.05, 3.63) is 84.7 Å². The van der Waals surface area contributed by atoms with Gasteiger partial charge in [-0.3, -0.25) is 9.78 Å². The number of esters is 1. The largest absolute Gasteiger partial charge is 0.462 e. The van der Waals surface area contributed by atoms with Gasteiger partial charge in [0, 0.05) is 49.6 Å². The van der Waals surface area contributed by atoms with Gasteiger partial charge in [0.05, 0.1) is 27.2 Å². The van der Waals surface area contributed by atoms with E-state index in [1.165, 1.54) is 24.5 Å². The van der Waals surface area contributed by atoms with Crippen LogP contribution in [0.25, 0.3) is 0 Å². The lowest BCUT2D eigenvalue weighted by Crippen LogP contribution is -2.54. The number of pyridine rings is 1. The van der Waals surface area contributed by atoms with Crippen molar-refractivity contribution in [1.29, 1.82) is 5.26 Å². The Kier molecular flexibility index (Phi) is 9.49. The number of aromatic nitrogens is 1. The summed E-state index contributed by atoms with van der Waals surface area (Å²) in [5.74, 6) is 0.367. The Bertz CT molecular complexity index is 1630. The fourth-order valence-electron chi connectivity index (χ4n) is 7.90. The van der Waals surface area contributed by atoms with Gasteiger partial charge in [-0.1, -0.05) is 44.2 Å². The van der Waals surface area contributed by atoms with Crippen molar-refractivity contribution in [3.63, 3.8) is 0 Å². The molecule has 6 rings (SSSR count). The van der Waals surface area contributed by atoms with E-state index in [0.29, 0.717) is 5.92 Å². The van der Waals surface area contributed by atoms with Crippen LogP contribution >= 0.6 is 0 Å². The maximum atomic E-state index is 12.9. The number of hydrogen-bond donors (Lipinski definition) is 0. The van der Waals surface area contributed by atoms with Gasteiger partial charge in [-0.15, -0.1) is 0 Å². The molecule has 0 spiro atoms. The van der Waals surface area contributed by atoms with Crippen molar-refractivity contribution in [2.75, 3.05) is 37.6 Å². The molecule has 242 valence electrons. The predicted octanol–water partition coefficient (Wildman–Crippen LogP) is 5.89. The van der Waals surface area contributed by atoms with Crippen molar-refractivity contribution < 1.29 is 17.9 Å². The molecule has 46 heavy (non-hydrogen) atoms. The lowest BCUT2D eigenvalue weighted by Gasteiger charge is -2.48. The molecule has 3 fully saturated rings. The van der Waals surface area contributed by atoms with Crippen molar-refractivity contribution in [1.82, 2.24) is 9.88 Å². The second-order valence-electron chi connectivity index (χ2n) is 13.5. The first-order valence-corrected chi connectivity index (χ1v) is 18.1. The Morgan fingerprint density at radius 2 is 1.61 bits per heavy atom. The average molecular weight is 641 g/mol. The molecule has 1 aromatic heterocycles. The van der Waals surface area contributed by atoms with Gasteiger partial charge in [0.25, 0.3) is 0 Å². The van der Waals surface area contributed by atoms with E-state index in [-0.39, 0.29) is 39.6 Å². The van der Waals surface area contributed by atoms with Crippen LogP contribution in [0.4, 0.5) is 5.69 Å². The van der Waals surface area contributed by atoms with Crippen LogP contribution in [-0.4, -0.2) is 63.1 Å². The van der Waals surface area contributed by atoms with Gasteiger partial charge in [-0.05, 0) is 93.1 Å². The van der Waals surface area contributed by atoms with Crippen LogP contribution in [0.1, 0.15) is 51.5 Å². The fraction of sp³-hybridized carbons (Fsp3) is 0.486. The highest BCUT2D eigenvalue weighted by atomic mass is 32.2. The molecule has 3 atom stereocenters. The zero-order valence-electron chi connectivity index (χ0n) is 26.8. The Labute approximate surface area is 273 Å². The Hall–Kier alpha value is -3.74. The Balaban J connectivity index is 1.07. The second kappa shape index (κ2) is 13.5. The number of nitriles is 1. The first-order valence-electron chi connectivity index (χ1n) is 16.6. The quantitative estimate of drug-likeness (QED) is 0.253. The van der Waals surface area contributed by atoms with E-state index in [9.17, 15) is 18.5 Å². The molecular weight excluding hydrogens is 596 g/mol. The van der Waals surface area contributed by atoms with Gasteiger partial charge in [-0.2, -0.15) is 5.26 Å². The number of rotatable bonds is 10. The topological polar surface area (TPSA) is 104 Å². The highest BCUT2D eigenvalue weighted by Gasteiger charge is 2.53. The summed E-state index contributed by atoms with van der Waals surface area (Å²) in [6, 6.07) is 23.3. The van der Waals surface area contributed by atoms with Crippen LogP contribution in [-0.2, 0) is 24.8 Å². The SMILES string of the molecule is CC(C)C(=O)O[C@H]1CCC[C@@H]1C(C#N)(c1ccccc1)C1CCN(CC2CN(c3ccc(S(=O)(=O)c4ccncc4)cc3)C2)CC1. The minimum absolute atomic E-state index is 0.00887. The molecule has 3 heterocycles. The van der Waals surface area contributed by atoms with Crippen LogP contribution in [0.3, 0.4) is 0 Å². The third-order valence-electron chi connectivity index (χ3n) is 10.4. The number of carbonyl (C=O) groups excluding carboxylic acids is 1. The third-order valence-corrected chi connectivity index (χ3v) is 12.2. The van der Waals surface area contributed by atoms with Crippen molar-refractivity contribution in [2.24, 2.45) is 23.7 Å². The molecule has 2 aliphatic heterocycles. The molecule has 2 aromatic carbocycles. The summed E-state index contributed by atoms with van der Waals surface area (Å²) in [5, 5.41) is 11.0. The lowest BCUT2D eigenvalue weighted by molar-refractivity contribution is -0.156. The molecule has 8 nitrogen and oxygen atoms in total. The molecule has 3 aliphatic rings. The van der Waals surface area contributed by atoms with Crippen molar-refractivity contribution in [3.8, 4) is 6.07 Å². The molecule has 0 bridgehead atoms. The Morgan fingerprint density at radius 1 is 0.957 bits per heavy atom. The summed E-state index contributed by atoms with van der Waals surface area (Å²) in [7, 11) is -3.56. The number of ether oxygens (including phenoxy) is 1. The zero-order valence-corrected chi connectivity index (χ0v) is 27.6. The smallest absolute Gasteiger partial charge is 0.308 e. The minimum Gasteiger partial charge on any atom is -0.462 e. The zero-order chi connectivity index (χ0) is 32.3. The fourth-order valence-corrected chi connectivity index (χ4v) is 9.15. The molecule has 1 unspecified atom stereocenters. The molecule has 0 N–H and O–H groups in total. The average Bonchev–Trinajstić information content (AvgIpc) is 3.53. The highest BCUT2D eigenvalue weighted by molar-refractivity contribution is 7.91. The molecule has 0 amide bonds. The number of benzene rings is 2. The van der Waals surface area contributed by atoms with Gasteiger partial charge in [0.1, 0.15) is 6.10 Å². The van der Waals surface area contributed by atoms with Crippen molar-refractivity contribution in [2.45, 2.75) is 67.3 Å². The summed E-state index contributed by atoms with van der Waals surface area (Å²) in [5.41, 5.74) is 1.41. The first-order chi connectivity index (χ1) is 22.2. The van der Waals surface area contributed by atoms with E-state index < -0.39 is 15.3 Å². The minimum atomic E-state index is -3.56. The van der Waals surface area contributed by atoms with E-state index >= 15 is 0 Å². The van der Waals surface area contributed by atoms with Crippen molar-refractivity contribution >= 4 is 21.5 Å². The van der Waals surface area contributed by atoms with E-state index in [0.717, 1.165) is 76.1 Å². The molecule has 2 saturated heterocycles. The maximum Gasteiger partial charge on any atom is 0.308 e. The van der Waals surface area contributed by atoms with Gasteiger partial charge < -0.3 is 14.5 Å². The van der Waals surface area contributed by atoms with Gasteiger partial charge in [0.2, 0.25) is 9.84 Å². The highest BCUT2D eigenvalue weighted by Crippen LogP contribution is 2.51. The number of nitrogens with zero attached hydrogens (tertiary/aromatic N) is 4. The molecule has 1 aliphatic carbocycles. The molecule has 3 aromatic rings. The monoisotopic (exact) mass is 640 g/mol. The van der Waals surface area contributed by atoms with Crippen LogP contribution in [0.15, 0.2) is 88.9 Å². The first kappa shape index (κ1) is 32.2. The second-order valence-corrected chi connectivity index (χ2v) is 15.5. The molecule has 9 heteroatoms. The predicted molar refractivity (Wildman–Crippen MR) is 177 cm³/mol. The van der Waals surface area contributed by atoms with Gasteiger partial charge in [-0.25, -0.2) is 8.42 Å². The third kappa shape index (κ3) is 6.30. The Morgan fingerprint density at radius 3 is 2.24 bits per heavy atom. The standard InChI is InChI=1S/C37H44N4O4S/c1-27(2)36(42)45-35-10-6-9-34(35)37(26-38,29-7-4-3-5-8-29)30-17-21-40(22-18-30)23-28-24-41(25-28)31-11-13-32(14-12-31)46(43,44)33-15-19-39-20-16-33/h3-5,7-8,11-16,19-20,27-28,30,34-35H,6,9-10,17-18,21-25H2,1-2H3/t34-,35-,37?/m0/s1. The summed E-state index contributed by atoms with van der Waals surface area (Å²) in [6.45, 7) is 8.52. The summed E-state index contributed by atoms with van der Waals surface area (Å²) < 4.78 is 31.9. The molecule has 0 radical (unpaired) electrons. The van der Waals surface area contributed by atoms with Gasteiger partial charge in [0.15, 0.2) is 0 Å². The number of likely N-dealkylation sites (tertiary alicyclic amines) is 1. The number of sulfone groups is 1. The summed E-state index contributed by atoms with van der Waals surface area (Å²) in [6.07, 6.45) is 7.32. The lowest BCUT2D eigenvalue weighted by atomic mass is 9.59. The van der Waals surface area contributed by atoms with Crippen LogP contribution in [0.5, 0.6) is 0 Å². The molecule has 1 saturated carbocycles. The number of anilines is 1. The normalized spacial score (nSPS) is 22.6.